The van der Waals surface area contributed by atoms with E-state index in [4.69, 9.17) is 0 Å². The van der Waals surface area contributed by atoms with E-state index in [1.54, 1.807) is 12.1 Å². The maximum atomic E-state index is 13.9. The molecule has 0 heterocycles. The van der Waals surface area contributed by atoms with E-state index in [0.717, 1.165) is 25.3 Å². The monoisotopic (exact) mass is 295 g/mol. The number of hydrogen-bond acceptors (Lipinski definition) is 1. The Hall–Kier alpha value is -0.960. The van der Waals surface area contributed by atoms with Crippen molar-refractivity contribution in [3.8, 4) is 0 Å². The highest BCUT2D eigenvalue weighted by Crippen LogP contribution is 2.28. The van der Waals surface area contributed by atoms with Crippen molar-refractivity contribution in [1.82, 2.24) is 5.32 Å². The van der Waals surface area contributed by atoms with Gasteiger partial charge >= 0.3 is 0 Å². The molecule has 1 N–H and O–H groups in total. The molecule has 1 fully saturated rings. The first-order valence-electron chi connectivity index (χ1n) is 8.37. The molecule has 3 heteroatoms. The second kappa shape index (κ2) is 8.47. The van der Waals surface area contributed by atoms with Crippen LogP contribution in [-0.4, -0.2) is 12.6 Å². The molecule has 1 aromatic carbocycles. The van der Waals surface area contributed by atoms with E-state index in [9.17, 15) is 8.78 Å². The SMILES string of the molecule is CCCNC(Cc1cccc(F)c1F)CC1CCCCC1. The molecule has 0 amide bonds. The maximum absolute atomic E-state index is 13.9. The molecule has 0 saturated heterocycles. The predicted molar refractivity (Wildman–Crippen MR) is 83.3 cm³/mol. The molecule has 21 heavy (non-hydrogen) atoms. The highest BCUT2D eigenvalue weighted by molar-refractivity contribution is 5.20. The first-order chi connectivity index (χ1) is 10.2. The van der Waals surface area contributed by atoms with E-state index in [1.807, 2.05) is 0 Å². The van der Waals surface area contributed by atoms with E-state index in [2.05, 4.69) is 12.2 Å². The van der Waals surface area contributed by atoms with Crippen molar-refractivity contribution in [2.45, 2.75) is 64.3 Å². The molecule has 0 aliphatic heterocycles. The lowest BCUT2D eigenvalue weighted by Gasteiger charge is -2.27. The van der Waals surface area contributed by atoms with Crippen molar-refractivity contribution in [2.75, 3.05) is 6.54 Å². The van der Waals surface area contributed by atoms with Gasteiger partial charge in [0.15, 0.2) is 11.6 Å². The normalized spacial score (nSPS) is 17.9. The Bertz CT molecular complexity index is 427. The van der Waals surface area contributed by atoms with Crippen molar-refractivity contribution in [3.05, 3.63) is 35.4 Å². The van der Waals surface area contributed by atoms with Crippen LogP contribution >= 0.6 is 0 Å². The second-order valence-corrected chi connectivity index (χ2v) is 6.31. The van der Waals surface area contributed by atoms with Gasteiger partial charge < -0.3 is 5.32 Å². The summed E-state index contributed by atoms with van der Waals surface area (Å²) in [7, 11) is 0. The highest BCUT2D eigenvalue weighted by atomic mass is 19.2. The van der Waals surface area contributed by atoms with Crippen molar-refractivity contribution in [2.24, 2.45) is 5.92 Å². The van der Waals surface area contributed by atoms with Crippen LogP contribution in [0.1, 0.15) is 57.4 Å². The van der Waals surface area contributed by atoms with Crippen molar-refractivity contribution in [3.63, 3.8) is 0 Å². The van der Waals surface area contributed by atoms with Crippen LogP contribution in [-0.2, 0) is 6.42 Å². The Balaban J connectivity index is 1.99. The molecule has 1 saturated carbocycles. The fraction of sp³-hybridized carbons (Fsp3) is 0.667. The molecule has 1 nitrogen and oxygen atoms in total. The molecule has 0 bridgehead atoms. The van der Waals surface area contributed by atoms with Gasteiger partial charge in [0.1, 0.15) is 0 Å². The van der Waals surface area contributed by atoms with Crippen LogP contribution in [0.2, 0.25) is 0 Å². The van der Waals surface area contributed by atoms with E-state index in [0.29, 0.717) is 12.0 Å². The van der Waals surface area contributed by atoms with E-state index in [1.165, 1.54) is 38.2 Å². The van der Waals surface area contributed by atoms with Crippen LogP contribution in [0.15, 0.2) is 18.2 Å². The van der Waals surface area contributed by atoms with Crippen LogP contribution in [0, 0.1) is 17.6 Å². The van der Waals surface area contributed by atoms with Crippen LogP contribution in [0.3, 0.4) is 0 Å². The smallest absolute Gasteiger partial charge is 0.162 e. The average Bonchev–Trinajstić information content (AvgIpc) is 2.50. The summed E-state index contributed by atoms with van der Waals surface area (Å²) in [5.41, 5.74) is 0.499. The third kappa shape index (κ3) is 5.06. The summed E-state index contributed by atoms with van der Waals surface area (Å²) < 4.78 is 27.2. The maximum Gasteiger partial charge on any atom is 0.162 e. The third-order valence-corrected chi connectivity index (χ3v) is 4.52. The van der Waals surface area contributed by atoms with E-state index < -0.39 is 11.6 Å². The summed E-state index contributed by atoms with van der Waals surface area (Å²) in [4.78, 5) is 0. The van der Waals surface area contributed by atoms with Gasteiger partial charge in [0, 0.05) is 6.04 Å². The molecule has 1 aliphatic rings. The van der Waals surface area contributed by atoms with Gasteiger partial charge in [0.25, 0.3) is 0 Å². The van der Waals surface area contributed by atoms with Crippen molar-refractivity contribution < 1.29 is 8.78 Å². The fourth-order valence-electron chi connectivity index (χ4n) is 3.38. The standard InChI is InChI=1S/C18H27F2N/c1-2-11-21-16(12-14-7-4-3-5-8-14)13-15-9-6-10-17(19)18(15)20/h6,9-10,14,16,21H,2-5,7-8,11-13H2,1H3. The number of nitrogens with one attached hydrogen (secondary N) is 1. The Morgan fingerprint density at radius 3 is 2.67 bits per heavy atom. The van der Waals surface area contributed by atoms with Gasteiger partial charge in [-0.25, -0.2) is 8.78 Å². The molecule has 0 spiro atoms. The molecular formula is C18H27F2N. The minimum Gasteiger partial charge on any atom is -0.314 e. The van der Waals surface area contributed by atoms with E-state index >= 15 is 0 Å². The molecular weight excluding hydrogens is 268 g/mol. The van der Waals surface area contributed by atoms with Crippen LogP contribution < -0.4 is 5.32 Å². The van der Waals surface area contributed by atoms with Crippen LogP contribution in [0.25, 0.3) is 0 Å². The lowest BCUT2D eigenvalue weighted by atomic mass is 9.83. The molecule has 1 atom stereocenters. The van der Waals surface area contributed by atoms with Gasteiger partial charge in [0.2, 0.25) is 0 Å². The first kappa shape index (κ1) is 16.4. The highest BCUT2D eigenvalue weighted by Gasteiger charge is 2.20. The number of hydrogen-bond donors (Lipinski definition) is 1. The van der Waals surface area contributed by atoms with Gasteiger partial charge in [-0.1, -0.05) is 51.2 Å². The Morgan fingerprint density at radius 1 is 1.19 bits per heavy atom. The summed E-state index contributed by atoms with van der Waals surface area (Å²) in [6.07, 6.45) is 9.29. The minimum atomic E-state index is -0.737. The number of rotatable bonds is 7. The van der Waals surface area contributed by atoms with Gasteiger partial charge in [-0.15, -0.1) is 0 Å². The van der Waals surface area contributed by atoms with Crippen molar-refractivity contribution >= 4 is 0 Å². The Kier molecular flexibility index (Phi) is 6.62. The molecule has 0 aromatic heterocycles. The summed E-state index contributed by atoms with van der Waals surface area (Å²) in [5.74, 6) is -0.673. The Labute approximate surface area is 127 Å². The third-order valence-electron chi connectivity index (χ3n) is 4.52. The summed E-state index contributed by atoms with van der Waals surface area (Å²) in [6.45, 7) is 3.07. The number of benzene rings is 1. The van der Waals surface area contributed by atoms with Crippen LogP contribution in [0.5, 0.6) is 0 Å². The zero-order valence-electron chi connectivity index (χ0n) is 13.0. The first-order valence-corrected chi connectivity index (χ1v) is 8.37. The van der Waals surface area contributed by atoms with Gasteiger partial charge in [0.05, 0.1) is 0 Å². The minimum absolute atomic E-state index is 0.254. The van der Waals surface area contributed by atoms with Gasteiger partial charge in [-0.3, -0.25) is 0 Å². The average molecular weight is 295 g/mol. The molecule has 1 aromatic rings. The van der Waals surface area contributed by atoms with Gasteiger partial charge in [-0.05, 0) is 43.4 Å². The quantitative estimate of drug-likeness (QED) is 0.758. The summed E-state index contributed by atoms with van der Waals surface area (Å²) in [6, 6.07) is 4.75. The zero-order chi connectivity index (χ0) is 15.1. The van der Waals surface area contributed by atoms with Gasteiger partial charge in [-0.2, -0.15) is 0 Å². The zero-order valence-corrected chi connectivity index (χ0v) is 13.0. The fourth-order valence-corrected chi connectivity index (χ4v) is 3.38. The topological polar surface area (TPSA) is 12.0 Å². The molecule has 118 valence electrons. The van der Waals surface area contributed by atoms with E-state index in [-0.39, 0.29) is 6.04 Å². The van der Waals surface area contributed by atoms with Crippen LogP contribution in [0.4, 0.5) is 8.78 Å². The molecule has 2 rings (SSSR count). The Morgan fingerprint density at radius 2 is 1.95 bits per heavy atom. The second-order valence-electron chi connectivity index (χ2n) is 6.31. The molecule has 1 aliphatic carbocycles. The number of halogens is 2. The molecule has 0 radical (unpaired) electrons. The van der Waals surface area contributed by atoms with Crippen molar-refractivity contribution in [1.29, 1.82) is 0 Å². The lowest BCUT2D eigenvalue weighted by molar-refractivity contribution is 0.295. The summed E-state index contributed by atoms with van der Waals surface area (Å²) >= 11 is 0. The lowest BCUT2D eigenvalue weighted by Crippen LogP contribution is -2.34. The molecule has 1 unspecified atom stereocenters. The largest absolute Gasteiger partial charge is 0.314 e. The summed E-state index contributed by atoms with van der Waals surface area (Å²) in [5, 5.41) is 3.52. The predicted octanol–water partition coefficient (Wildman–Crippen LogP) is 4.85.